The number of hydrogen-bond donors (Lipinski definition) is 1. The molecule has 0 radical (unpaired) electrons. The van der Waals surface area contributed by atoms with Crippen LogP contribution >= 0.6 is 12.4 Å². The Hall–Kier alpha value is -0.320. The maximum atomic E-state index is 12.0. The number of halogens is 1. The topological polar surface area (TPSA) is 41.6 Å². The SMILES string of the molecule is CC1CN(C(=O)C2CNC2)CC(C)(C)O1.Cl. The van der Waals surface area contributed by atoms with Gasteiger partial charge in [-0.15, -0.1) is 12.4 Å². The zero-order valence-corrected chi connectivity index (χ0v) is 11.0. The van der Waals surface area contributed by atoms with E-state index in [2.05, 4.69) is 5.32 Å². The third-order valence-corrected chi connectivity index (χ3v) is 3.01. The Morgan fingerprint density at radius 3 is 2.50 bits per heavy atom. The van der Waals surface area contributed by atoms with Crippen LogP contribution in [0.1, 0.15) is 20.8 Å². The van der Waals surface area contributed by atoms with E-state index in [1.165, 1.54) is 0 Å². The second-order valence-electron chi connectivity index (χ2n) is 5.26. The summed E-state index contributed by atoms with van der Waals surface area (Å²) >= 11 is 0. The molecule has 0 aromatic heterocycles. The molecule has 2 fully saturated rings. The normalized spacial score (nSPS) is 29.2. The van der Waals surface area contributed by atoms with Gasteiger partial charge in [0.25, 0.3) is 0 Å². The molecule has 1 unspecified atom stereocenters. The van der Waals surface area contributed by atoms with E-state index in [0.717, 1.165) is 19.6 Å². The van der Waals surface area contributed by atoms with Crippen molar-refractivity contribution in [1.29, 1.82) is 0 Å². The Kier molecular flexibility index (Phi) is 4.21. The van der Waals surface area contributed by atoms with Gasteiger partial charge in [-0.2, -0.15) is 0 Å². The largest absolute Gasteiger partial charge is 0.369 e. The van der Waals surface area contributed by atoms with Gasteiger partial charge in [0.05, 0.1) is 17.6 Å². The van der Waals surface area contributed by atoms with Crippen LogP contribution in [0.25, 0.3) is 0 Å². The molecule has 1 atom stereocenters. The molecule has 5 heteroatoms. The Morgan fingerprint density at radius 1 is 1.44 bits per heavy atom. The molecule has 2 saturated heterocycles. The summed E-state index contributed by atoms with van der Waals surface area (Å²) in [5, 5.41) is 3.13. The van der Waals surface area contributed by atoms with Crippen LogP contribution in [-0.4, -0.2) is 48.7 Å². The van der Waals surface area contributed by atoms with Crippen LogP contribution in [-0.2, 0) is 9.53 Å². The summed E-state index contributed by atoms with van der Waals surface area (Å²) in [6.45, 7) is 9.24. The zero-order valence-electron chi connectivity index (χ0n) is 10.2. The van der Waals surface area contributed by atoms with E-state index in [1.54, 1.807) is 0 Å². The van der Waals surface area contributed by atoms with Crippen LogP contribution in [0.2, 0.25) is 0 Å². The molecule has 2 heterocycles. The summed E-state index contributed by atoms with van der Waals surface area (Å²) in [5.41, 5.74) is -0.204. The molecule has 2 aliphatic heterocycles. The van der Waals surface area contributed by atoms with Gasteiger partial charge in [-0.3, -0.25) is 4.79 Å². The van der Waals surface area contributed by atoms with E-state index >= 15 is 0 Å². The van der Waals surface area contributed by atoms with E-state index in [4.69, 9.17) is 4.74 Å². The molecule has 0 spiro atoms. The van der Waals surface area contributed by atoms with Crippen LogP contribution in [0.15, 0.2) is 0 Å². The molecule has 0 aliphatic carbocycles. The van der Waals surface area contributed by atoms with E-state index in [-0.39, 0.29) is 35.9 Å². The zero-order chi connectivity index (χ0) is 11.1. The lowest BCUT2D eigenvalue weighted by atomic mass is 9.98. The number of carbonyl (C=O) groups excluding carboxylic acids is 1. The van der Waals surface area contributed by atoms with Gasteiger partial charge in [-0.1, -0.05) is 0 Å². The van der Waals surface area contributed by atoms with Gasteiger partial charge >= 0.3 is 0 Å². The van der Waals surface area contributed by atoms with Crippen LogP contribution in [0.5, 0.6) is 0 Å². The number of morpholine rings is 1. The van der Waals surface area contributed by atoms with Gasteiger partial charge in [0.2, 0.25) is 5.91 Å². The molecule has 0 aromatic carbocycles. The number of hydrogen-bond acceptors (Lipinski definition) is 3. The summed E-state index contributed by atoms with van der Waals surface area (Å²) in [4.78, 5) is 14.0. The fourth-order valence-corrected chi connectivity index (χ4v) is 2.34. The van der Waals surface area contributed by atoms with Gasteiger partial charge in [-0.05, 0) is 20.8 Å². The fraction of sp³-hybridized carbons (Fsp3) is 0.909. The monoisotopic (exact) mass is 248 g/mol. The smallest absolute Gasteiger partial charge is 0.228 e. The van der Waals surface area contributed by atoms with Crippen molar-refractivity contribution in [3.05, 3.63) is 0 Å². The van der Waals surface area contributed by atoms with Crippen molar-refractivity contribution in [2.24, 2.45) is 5.92 Å². The maximum Gasteiger partial charge on any atom is 0.228 e. The Labute approximate surface area is 103 Å². The first-order valence-corrected chi connectivity index (χ1v) is 5.65. The van der Waals surface area contributed by atoms with Crippen molar-refractivity contribution < 1.29 is 9.53 Å². The average molecular weight is 249 g/mol. The summed E-state index contributed by atoms with van der Waals surface area (Å²) in [6.07, 6.45) is 0.144. The first kappa shape index (κ1) is 13.7. The number of rotatable bonds is 1. The molecule has 0 saturated carbocycles. The maximum absolute atomic E-state index is 12.0. The van der Waals surface area contributed by atoms with Crippen molar-refractivity contribution in [3.8, 4) is 0 Å². The van der Waals surface area contributed by atoms with Crippen molar-refractivity contribution in [2.45, 2.75) is 32.5 Å². The number of nitrogens with one attached hydrogen (secondary N) is 1. The highest BCUT2D eigenvalue weighted by atomic mass is 35.5. The van der Waals surface area contributed by atoms with Crippen molar-refractivity contribution >= 4 is 18.3 Å². The van der Waals surface area contributed by atoms with Crippen LogP contribution in [0.3, 0.4) is 0 Å². The number of carbonyl (C=O) groups is 1. The third-order valence-electron chi connectivity index (χ3n) is 3.01. The van der Waals surface area contributed by atoms with Crippen LogP contribution < -0.4 is 5.32 Å². The van der Waals surface area contributed by atoms with Crippen LogP contribution in [0, 0.1) is 5.92 Å². The van der Waals surface area contributed by atoms with Gasteiger partial charge in [0.1, 0.15) is 0 Å². The fourth-order valence-electron chi connectivity index (χ4n) is 2.34. The molecular formula is C11H21ClN2O2. The van der Waals surface area contributed by atoms with Crippen molar-refractivity contribution in [3.63, 3.8) is 0 Å². The molecule has 0 aromatic rings. The lowest BCUT2D eigenvalue weighted by Crippen LogP contribution is -2.59. The number of amides is 1. The highest BCUT2D eigenvalue weighted by molar-refractivity contribution is 5.85. The Balaban J connectivity index is 0.00000128. The summed E-state index contributed by atoms with van der Waals surface area (Å²) in [6, 6.07) is 0. The second kappa shape index (κ2) is 4.90. The van der Waals surface area contributed by atoms with Gasteiger partial charge in [0, 0.05) is 26.2 Å². The standard InChI is InChI=1S/C11H20N2O2.ClH/c1-8-6-13(7-11(2,3)15-8)10(14)9-4-12-5-9;/h8-9,12H,4-7H2,1-3H3;1H. The second-order valence-corrected chi connectivity index (χ2v) is 5.26. The van der Waals surface area contributed by atoms with E-state index in [0.29, 0.717) is 6.54 Å². The highest BCUT2D eigenvalue weighted by Gasteiger charge is 2.37. The minimum absolute atomic E-state index is 0. The molecule has 2 rings (SSSR count). The van der Waals surface area contributed by atoms with Crippen molar-refractivity contribution in [2.75, 3.05) is 26.2 Å². The van der Waals surface area contributed by atoms with Gasteiger partial charge in [0.15, 0.2) is 0 Å². The lowest BCUT2D eigenvalue weighted by Gasteiger charge is -2.43. The molecule has 4 nitrogen and oxygen atoms in total. The molecule has 1 N–H and O–H groups in total. The molecule has 1 amide bonds. The summed E-state index contributed by atoms with van der Waals surface area (Å²) < 4.78 is 5.78. The van der Waals surface area contributed by atoms with E-state index in [1.807, 2.05) is 25.7 Å². The van der Waals surface area contributed by atoms with E-state index < -0.39 is 0 Å². The van der Waals surface area contributed by atoms with Crippen molar-refractivity contribution in [1.82, 2.24) is 10.2 Å². The summed E-state index contributed by atoms with van der Waals surface area (Å²) in [5.74, 6) is 0.489. The molecule has 94 valence electrons. The predicted octanol–water partition coefficient (Wildman–Crippen LogP) is 0.653. The highest BCUT2D eigenvalue weighted by Crippen LogP contribution is 2.22. The molecular weight excluding hydrogens is 228 g/mol. The first-order chi connectivity index (χ1) is 6.98. The van der Waals surface area contributed by atoms with Crippen LogP contribution in [0.4, 0.5) is 0 Å². The number of nitrogens with zero attached hydrogens (tertiary/aromatic N) is 1. The van der Waals surface area contributed by atoms with E-state index in [9.17, 15) is 4.79 Å². The Morgan fingerprint density at radius 2 is 2.06 bits per heavy atom. The Bertz CT molecular complexity index is 267. The third kappa shape index (κ3) is 2.87. The molecule has 2 aliphatic rings. The minimum atomic E-state index is -0.204. The molecule has 0 bridgehead atoms. The van der Waals surface area contributed by atoms with Gasteiger partial charge in [-0.25, -0.2) is 0 Å². The first-order valence-electron chi connectivity index (χ1n) is 5.65. The predicted molar refractivity (Wildman–Crippen MR) is 64.8 cm³/mol. The quantitative estimate of drug-likeness (QED) is 0.741. The minimum Gasteiger partial charge on any atom is -0.369 e. The average Bonchev–Trinajstić information content (AvgIpc) is 1.96. The lowest BCUT2D eigenvalue weighted by molar-refractivity contribution is -0.162. The number of ether oxygens (including phenoxy) is 1. The summed E-state index contributed by atoms with van der Waals surface area (Å²) in [7, 11) is 0. The van der Waals surface area contributed by atoms with Gasteiger partial charge < -0.3 is 15.0 Å². The molecule has 16 heavy (non-hydrogen) atoms.